The lowest BCUT2D eigenvalue weighted by molar-refractivity contribution is 0.630. The molecule has 3 rings (SSSR count). The summed E-state index contributed by atoms with van der Waals surface area (Å²) in [4.78, 5) is 4.43. The molecular formula is C14H7FN2S. The molecule has 0 spiro atoms. The van der Waals surface area contributed by atoms with Crippen LogP contribution in [0.15, 0.2) is 42.5 Å². The molecular weight excluding hydrogens is 247 g/mol. The molecule has 0 radical (unpaired) electrons. The van der Waals surface area contributed by atoms with Crippen LogP contribution in [0.4, 0.5) is 4.39 Å². The highest BCUT2D eigenvalue weighted by Crippen LogP contribution is 2.32. The Morgan fingerprint density at radius 3 is 2.83 bits per heavy atom. The third kappa shape index (κ3) is 1.75. The lowest BCUT2D eigenvalue weighted by Gasteiger charge is -1.97. The summed E-state index contributed by atoms with van der Waals surface area (Å²) in [7, 11) is 0. The zero-order valence-corrected chi connectivity index (χ0v) is 10.0. The van der Waals surface area contributed by atoms with Crippen LogP contribution in [-0.4, -0.2) is 4.98 Å². The Hall–Kier alpha value is -2.25. The fourth-order valence-corrected chi connectivity index (χ4v) is 2.81. The minimum absolute atomic E-state index is 0.272. The summed E-state index contributed by atoms with van der Waals surface area (Å²) in [6.07, 6.45) is 0. The van der Waals surface area contributed by atoms with E-state index in [0.29, 0.717) is 5.56 Å². The highest BCUT2D eigenvalue weighted by atomic mass is 32.1. The van der Waals surface area contributed by atoms with Crippen LogP contribution in [0.3, 0.4) is 0 Å². The van der Waals surface area contributed by atoms with E-state index < -0.39 is 0 Å². The second-order valence-corrected chi connectivity index (χ2v) is 4.82. The fourth-order valence-electron chi connectivity index (χ4n) is 1.78. The van der Waals surface area contributed by atoms with Gasteiger partial charge in [-0.1, -0.05) is 18.2 Å². The predicted molar refractivity (Wildman–Crippen MR) is 69.7 cm³/mol. The van der Waals surface area contributed by atoms with Gasteiger partial charge in [0, 0.05) is 5.56 Å². The van der Waals surface area contributed by atoms with Gasteiger partial charge in [-0.3, -0.25) is 0 Å². The predicted octanol–water partition coefficient (Wildman–Crippen LogP) is 3.97. The van der Waals surface area contributed by atoms with Gasteiger partial charge in [0.1, 0.15) is 10.8 Å². The Labute approximate surface area is 107 Å². The zero-order chi connectivity index (χ0) is 12.5. The normalized spacial score (nSPS) is 10.4. The molecule has 0 amide bonds. The van der Waals surface area contributed by atoms with Crippen LogP contribution in [-0.2, 0) is 0 Å². The molecule has 4 heteroatoms. The highest BCUT2D eigenvalue weighted by molar-refractivity contribution is 7.21. The SMILES string of the molecule is N#Cc1ccccc1-c1nc2ccc(F)cc2s1. The van der Waals surface area contributed by atoms with Crippen molar-refractivity contribution in [2.75, 3.05) is 0 Å². The highest BCUT2D eigenvalue weighted by Gasteiger charge is 2.10. The molecule has 0 N–H and O–H groups in total. The maximum absolute atomic E-state index is 13.1. The average molecular weight is 254 g/mol. The largest absolute Gasteiger partial charge is 0.236 e. The van der Waals surface area contributed by atoms with Crippen LogP contribution in [0.25, 0.3) is 20.8 Å². The van der Waals surface area contributed by atoms with Gasteiger partial charge in [0.15, 0.2) is 0 Å². The van der Waals surface area contributed by atoms with E-state index in [2.05, 4.69) is 11.1 Å². The van der Waals surface area contributed by atoms with Crippen LogP contribution < -0.4 is 0 Å². The summed E-state index contributed by atoms with van der Waals surface area (Å²) in [5.41, 5.74) is 2.13. The number of nitrogens with zero attached hydrogens (tertiary/aromatic N) is 2. The van der Waals surface area contributed by atoms with Gasteiger partial charge in [-0.2, -0.15) is 5.26 Å². The van der Waals surface area contributed by atoms with Gasteiger partial charge < -0.3 is 0 Å². The number of hydrogen-bond acceptors (Lipinski definition) is 3. The molecule has 0 aliphatic heterocycles. The van der Waals surface area contributed by atoms with Crippen molar-refractivity contribution in [1.29, 1.82) is 5.26 Å². The van der Waals surface area contributed by atoms with E-state index in [1.807, 2.05) is 18.2 Å². The Kier molecular flexibility index (Phi) is 2.54. The van der Waals surface area contributed by atoms with Gasteiger partial charge in [-0.25, -0.2) is 9.37 Å². The van der Waals surface area contributed by atoms with Crippen molar-refractivity contribution in [2.45, 2.75) is 0 Å². The minimum Gasteiger partial charge on any atom is -0.236 e. The van der Waals surface area contributed by atoms with Gasteiger partial charge in [0.2, 0.25) is 0 Å². The van der Waals surface area contributed by atoms with E-state index in [9.17, 15) is 4.39 Å². The minimum atomic E-state index is -0.272. The second-order valence-electron chi connectivity index (χ2n) is 3.79. The number of nitriles is 1. The number of fused-ring (bicyclic) bond motifs is 1. The molecule has 86 valence electrons. The van der Waals surface area contributed by atoms with Crippen molar-refractivity contribution in [1.82, 2.24) is 4.98 Å². The van der Waals surface area contributed by atoms with Gasteiger partial charge in [0.05, 0.1) is 21.8 Å². The van der Waals surface area contributed by atoms with E-state index in [-0.39, 0.29) is 5.82 Å². The van der Waals surface area contributed by atoms with E-state index in [1.54, 1.807) is 12.1 Å². The summed E-state index contributed by atoms with van der Waals surface area (Å²) in [5, 5.41) is 9.81. The Balaban J connectivity index is 2.23. The van der Waals surface area contributed by atoms with Crippen molar-refractivity contribution in [3.8, 4) is 16.6 Å². The monoisotopic (exact) mass is 254 g/mol. The van der Waals surface area contributed by atoms with Crippen molar-refractivity contribution in [3.63, 3.8) is 0 Å². The Bertz CT molecular complexity index is 771. The van der Waals surface area contributed by atoms with E-state index in [1.165, 1.54) is 23.5 Å². The summed E-state index contributed by atoms with van der Waals surface area (Å²) < 4.78 is 13.9. The van der Waals surface area contributed by atoms with Crippen molar-refractivity contribution < 1.29 is 4.39 Å². The molecule has 0 fully saturated rings. The third-order valence-corrected chi connectivity index (χ3v) is 3.68. The van der Waals surface area contributed by atoms with E-state index in [4.69, 9.17) is 5.26 Å². The number of aromatic nitrogens is 1. The van der Waals surface area contributed by atoms with Crippen LogP contribution in [0.5, 0.6) is 0 Å². The molecule has 3 aromatic rings. The molecule has 2 aromatic carbocycles. The smallest absolute Gasteiger partial charge is 0.125 e. The van der Waals surface area contributed by atoms with Crippen LogP contribution in [0.2, 0.25) is 0 Å². The Morgan fingerprint density at radius 2 is 2.00 bits per heavy atom. The van der Waals surface area contributed by atoms with Crippen LogP contribution in [0, 0.1) is 17.1 Å². The molecule has 1 heterocycles. The number of halogens is 1. The van der Waals surface area contributed by atoms with Crippen LogP contribution in [0.1, 0.15) is 5.56 Å². The van der Waals surface area contributed by atoms with Gasteiger partial charge in [0.25, 0.3) is 0 Å². The van der Waals surface area contributed by atoms with Gasteiger partial charge in [-0.05, 0) is 24.3 Å². The first kappa shape index (κ1) is 10.9. The summed E-state index contributed by atoms with van der Waals surface area (Å²) >= 11 is 1.39. The molecule has 0 aliphatic carbocycles. The number of thiazole rings is 1. The lowest BCUT2D eigenvalue weighted by atomic mass is 10.1. The topological polar surface area (TPSA) is 36.7 Å². The molecule has 0 saturated carbocycles. The second kappa shape index (κ2) is 4.21. The molecule has 2 nitrogen and oxygen atoms in total. The quantitative estimate of drug-likeness (QED) is 0.658. The maximum atomic E-state index is 13.1. The molecule has 0 unspecified atom stereocenters. The Morgan fingerprint density at radius 1 is 1.17 bits per heavy atom. The summed E-state index contributed by atoms with van der Waals surface area (Å²) in [5.74, 6) is -0.272. The van der Waals surface area contributed by atoms with Crippen molar-refractivity contribution in [2.24, 2.45) is 0 Å². The molecule has 0 bridgehead atoms. The van der Waals surface area contributed by atoms with Crippen LogP contribution >= 0.6 is 11.3 Å². The summed E-state index contributed by atoms with van der Waals surface area (Å²) in [6, 6.07) is 13.9. The van der Waals surface area contributed by atoms with Crippen molar-refractivity contribution in [3.05, 3.63) is 53.8 Å². The molecule has 1 aromatic heterocycles. The first-order chi connectivity index (χ1) is 8.78. The standard InChI is InChI=1S/C14H7FN2S/c15-10-5-6-12-13(7-10)18-14(17-12)11-4-2-1-3-9(11)8-16/h1-7H. The van der Waals surface area contributed by atoms with E-state index in [0.717, 1.165) is 20.8 Å². The van der Waals surface area contributed by atoms with E-state index >= 15 is 0 Å². The number of benzene rings is 2. The number of hydrogen-bond donors (Lipinski definition) is 0. The molecule has 18 heavy (non-hydrogen) atoms. The first-order valence-corrected chi connectivity index (χ1v) is 6.15. The van der Waals surface area contributed by atoms with Crippen molar-refractivity contribution >= 4 is 21.6 Å². The zero-order valence-electron chi connectivity index (χ0n) is 9.22. The maximum Gasteiger partial charge on any atom is 0.125 e. The molecule has 0 atom stereocenters. The molecule has 0 aliphatic rings. The molecule has 0 saturated heterocycles. The number of rotatable bonds is 1. The van der Waals surface area contributed by atoms with Gasteiger partial charge in [-0.15, -0.1) is 11.3 Å². The average Bonchev–Trinajstić information content (AvgIpc) is 2.81. The first-order valence-electron chi connectivity index (χ1n) is 5.33. The van der Waals surface area contributed by atoms with Gasteiger partial charge >= 0.3 is 0 Å². The lowest BCUT2D eigenvalue weighted by Crippen LogP contribution is -1.81. The summed E-state index contributed by atoms with van der Waals surface area (Å²) in [6.45, 7) is 0. The fraction of sp³-hybridized carbons (Fsp3) is 0. The third-order valence-electron chi connectivity index (χ3n) is 2.63.